The lowest BCUT2D eigenvalue weighted by atomic mass is 10.2. The number of fused-ring (bicyclic) bond motifs is 1. The molecule has 6 heteroatoms. The van der Waals surface area contributed by atoms with E-state index in [0.29, 0.717) is 12.2 Å². The van der Waals surface area contributed by atoms with Crippen LogP contribution in [0.1, 0.15) is 18.4 Å². The molecule has 2 aliphatic heterocycles. The molecular weight excluding hydrogens is 292 g/mol. The fraction of sp³-hybridized carbons (Fsp3) is 0.353. The number of aliphatic carboxylic acids is 1. The van der Waals surface area contributed by atoms with E-state index in [2.05, 4.69) is 33.1 Å². The maximum absolute atomic E-state index is 11.4. The van der Waals surface area contributed by atoms with Crippen LogP contribution in [0.3, 0.4) is 0 Å². The molecule has 0 bridgehead atoms. The predicted molar refractivity (Wildman–Crippen MR) is 87.2 cm³/mol. The lowest BCUT2D eigenvalue weighted by Gasteiger charge is -2.24. The predicted octanol–water partition coefficient (Wildman–Crippen LogP) is 2.22. The standard InChI is InChI=1S/C17H18N4O2/c22-17(23)14-6-3-8-20(14)15-10-16(19-11-18-15)21-9-7-12-4-1-2-5-13(12)21/h1-2,4-5,10-11,14H,3,6-9H2,(H,22,23)/t14-/m0/s1. The summed E-state index contributed by atoms with van der Waals surface area (Å²) in [5, 5.41) is 9.36. The maximum atomic E-state index is 11.4. The number of aromatic nitrogens is 2. The van der Waals surface area contributed by atoms with Gasteiger partial charge in [-0.25, -0.2) is 14.8 Å². The zero-order chi connectivity index (χ0) is 15.8. The molecule has 3 heterocycles. The van der Waals surface area contributed by atoms with Crippen molar-refractivity contribution in [3.8, 4) is 0 Å². The van der Waals surface area contributed by atoms with Gasteiger partial charge in [-0.2, -0.15) is 0 Å². The van der Waals surface area contributed by atoms with Crippen LogP contribution in [-0.4, -0.2) is 40.2 Å². The number of carbonyl (C=O) groups is 1. The molecule has 2 aliphatic rings. The Morgan fingerprint density at radius 1 is 1.17 bits per heavy atom. The van der Waals surface area contributed by atoms with Gasteiger partial charge in [0, 0.05) is 24.8 Å². The number of carboxylic acids is 1. The second kappa shape index (κ2) is 5.53. The van der Waals surface area contributed by atoms with E-state index in [4.69, 9.17) is 0 Å². The highest BCUT2D eigenvalue weighted by Crippen LogP contribution is 2.34. The molecule has 1 saturated heterocycles. The van der Waals surface area contributed by atoms with E-state index in [0.717, 1.165) is 31.7 Å². The van der Waals surface area contributed by atoms with Crippen molar-refractivity contribution in [3.05, 3.63) is 42.2 Å². The summed E-state index contributed by atoms with van der Waals surface area (Å²) in [6.45, 7) is 1.61. The van der Waals surface area contributed by atoms with E-state index in [9.17, 15) is 9.90 Å². The minimum absolute atomic E-state index is 0.483. The largest absolute Gasteiger partial charge is 0.480 e. The zero-order valence-electron chi connectivity index (χ0n) is 12.7. The molecule has 4 rings (SSSR count). The van der Waals surface area contributed by atoms with Crippen molar-refractivity contribution >= 4 is 23.3 Å². The van der Waals surface area contributed by atoms with E-state index in [1.54, 1.807) is 0 Å². The van der Waals surface area contributed by atoms with Crippen LogP contribution in [0.15, 0.2) is 36.7 Å². The minimum atomic E-state index is -0.783. The van der Waals surface area contributed by atoms with E-state index in [1.165, 1.54) is 17.6 Å². The van der Waals surface area contributed by atoms with Gasteiger partial charge in [-0.1, -0.05) is 18.2 Å². The summed E-state index contributed by atoms with van der Waals surface area (Å²) in [4.78, 5) is 24.1. The first-order chi connectivity index (χ1) is 11.2. The zero-order valence-corrected chi connectivity index (χ0v) is 12.7. The lowest BCUT2D eigenvalue weighted by Crippen LogP contribution is -2.36. The SMILES string of the molecule is O=C(O)[C@@H]1CCCN1c1cc(N2CCc3ccccc32)ncn1. The highest BCUT2D eigenvalue weighted by Gasteiger charge is 2.32. The van der Waals surface area contributed by atoms with Crippen LogP contribution in [0.5, 0.6) is 0 Å². The Hall–Kier alpha value is -2.63. The number of para-hydroxylation sites is 1. The quantitative estimate of drug-likeness (QED) is 0.937. The normalized spacial score (nSPS) is 19.9. The Morgan fingerprint density at radius 3 is 2.87 bits per heavy atom. The molecule has 2 aromatic rings. The van der Waals surface area contributed by atoms with Gasteiger partial charge in [-0.05, 0) is 30.9 Å². The van der Waals surface area contributed by atoms with Gasteiger partial charge < -0.3 is 14.9 Å². The van der Waals surface area contributed by atoms with Crippen molar-refractivity contribution in [2.45, 2.75) is 25.3 Å². The van der Waals surface area contributed by atoms with Crippen molar-refractivity contribution in [1.82, 2.24) is 9.97 Å². The van der Waals surface area contributed by atoms with Gasteiger partial charge in [0.1, 0.15) is 24.0 Å². The molecule has 0 radical (unpaired) electrons. The average molecular weight is 310 g/mol. The van der Waals surface area contributed by atoms with Crippen LogP contribution in [0.25, 0.3) is 0 Å². The highest BCUT2D eigenvalue weighted by molar-refractivity contribution is 5.79. The number of benzene rings is 1. The van der Waals surface area contributed by atoms with Crippen molar-refractivity contribution < 1.29 is 9.90 Å². The third-order valence-electron chi connectivity index (χ3n) is 4.63. The van der Waals surface area contributed by atoms with Crippen molar-refractivity contribution in [3.63, 3.8) is 0 Å². The molecule has 0 spiro atoms. The average Bonchev–Trinajstić information content (AvgIpc) is 3.22. The number of nitrogens with zero attached hydrogens (tertiary/aromatic N) is 4. The summed E-state index contributed by atoms with van der Waals surface area (Å²) in [6, 6.07) is 9.74. The van der Waals surface area contributed by atoms with Crippen molar-refractivity contribution in [1.29, 1.82) is 0 Å². The van der Waals surface area contributed by atoms with Crippen molar-refractivity contribution in [2.24, 2.45) is 0 Å². The number of anilines is 3. The monoisotopic (exact) mass is 310 g/mol. The van der Waals surface area contributed by atoms with Gasteiger partial charge in [0.05, 0.1) is 0 Å². The molecule has 0 unspecified atom stereocenters. The minimum Gasteiger partial charge on any atom is -0.480 e. The molecule has 1 fully saturated rings. The topological polar surface area (TPSA) is 69.6 Å². The van der Waals surface area contributed by atoms with Gasteiger partial charge in [-0.3, -0.25) is 0 Å². The van der Waals surface area contributed by atoms with Crippen molar-refractivity contribution in [2.75, 3.05) is 22.9 Å². The maximum Gasteiger partial charge on any atom is 0.326 e. The summed E-state index contributed by atoms with van der Waals surface area (Å²) in [6.07, 6.45) is 4.07. The molecule has 0 aliphatic carbocycles. The van der Waals surface area contributed by atoms with E-state index >= 15 is 0 Å². The Balaban J connectivity index is 1.66. The summed E-state index contributed by atoms with van der Waals surface area (Å²) < 4.78 is 0. The summed E-state index contributed by atoms with van der Waals surface area (Å²) in [5.41, 5.74) is 2.49. The van der Waals surface area contributed by atoms with E-state index in [-0.39, 0.29) is 0 Å². The fourth-order valence-electron chi connectivity index (χ4n) is 3.52. The van der Waals surface area contributed by atoms with Crippen LogP contribution in [-0.2, 0) is 11.2 Å². The molecular formula is C17H18N4O2. The molecule has 1 N–H and O–H groups in total. The number of rotatable bonds is 3. The Bertz CT molecular complexity index is 749. The number of carboxylic acid groups (broad SMARTS) is 1. The molecule has 1 aromatic carbocycles. The van der Waals surface area contributed by atoms with Crippen LogP contribution < -0.4 is 9.80 Å². The Morgan fingerprint density at radius 2 is 2.00 bits per heavy atom. The highest BCUT2D eigenvalue weighted by atomic mass is 16.4. The van der Waals surface area contributed by atoms with Gasteiger partial charge in [0.2, 0.25) is 0 Å². The molecule has 1 atom stereocenters. The Kier molecular flexibility index (Phi) is 3.37. The van der Waals surface area contributed by atoms with Crippen LogP contribution in [0, 0.1) is 0 Å². The number of hydrogen-bond donors (Lipinski definition) is 1. The second-order valence-corrected chi connectivity index (χ2v) is 5.95. The molecule has 0 amide bonds. The van der Waals surface area contributed by atoms with E-state index < -0.39 is 12.0 Å². The summed E-state index contributed by atoms with van der Waals surface area (Å²) in [5.74, 6) is 0.745. The van der Waals surface area contributed by atoms with Gasteiger partial charge in [0.15, 0.2) is 0 Å². The summed E-state index contributed by atoms with van der Waals surface area (Å²) in [7, 11) is 0. The molecule has 6 nitrogen and oxygen atoms in total. The molecule has 0 saturated carbocycles. The molecule has 118 valence electrons. The molecule has 1 aromatic heterocycles. The van der Waals surface area contributed by atoms with Crippen LogP contribution in [0.2, 0.25) is 0 Å². The first-order valence-corrected chi connectivity index (χ1v) is 7.91. The van der Waals surface area contributed by atoms with Gasteiger partial charge in [0.25, 0.3) is 0 Å². The van der Waals surface area contributed by atoms with E-state index in [1.807, 2.05) is 17.0 Å². The first-order valence-electron chi connectivity index (χ1n) is 7.91. The van der Waals surface area contributed by atoms with Gasteiger partial charge in [-0.15, -0.1) is 0 Å². The third-order valence-corrected chi connectivity index (χ3v) is 4.63. The third kappa shape index (κ3) is 2.40. The number of hydrogen-bond acceptors (Lipinski definition) is 5. The van der Waals surface area contributed by atoms with Crippen LogP contribution >= 0.6 is 0 Å². The first kappa shape index (κ1) is 14.0. The second-order valence-electron chi connectivity index (χ2n) is 5.95. The van der Waals surface area contributed by atoms with Gasteiger partial charge >= 0.3 is 5.97 Å². The summed E-state index contributed by atoms with van der Waals surface area (Å²) >= 11 is 0. The smallest absolute Gasteiger partial charge is 0.326 e. The molecule has 23 heavy (non-hydrogen) atoms. The van der Waals surface area contributed by atoms with Crippen LogP contribution in [0.4, 0.5) is 17.3 Å². The Labute approximate surface area is 134 Å². The fourth-order valence-corrected chi connectivity index (χ4v) is 3.52. The lowest BCUT2D eigenvalue weighted by molar-refractivity contribution is -0.138.